The molecular weight excluding hydrogens is 188 g/mol. The highest BCUT2D eigenvalue weighted by atomic mass is 15.2. The van der Waals surface area contributed by atoms with Crippen molar-refractivity contribution < 1.29 is 0 Å². The Morgan fingerprint density at radius 1 is 1.60 bits per heavy atom. The molecule has 0 unspecified atom stereocenters. The van der Waals surface area contributed by atoms with Crippen molar-refractivity contribution in [3.8, 4) is 6.07 Å². The van der Waals surface area contributed by atoms with Crippen LogP contribution in [-0.2, 0) is 0 Å². The van der Waals surface area contributed by atoms with Gasteiger partial charge in [0.05, 0.1) is 12.5 Å². The fourth-order valence-corrected chi connectivity index (χ4v) is 1.64. The maximum absolute atomic E-state index is 8.61. The van der Waals surface area contributed by atoms with Gasteiger partial charge in [0.25, 0.3) is 0 Å². The minimum absolute atomic E-state index is 0.555. The van der Waals surface area contributed by atoms with Crippen LogP contribution in [0.25, 0.3) is 0 Å². The quantitative estimate of drug-likeness (QED) is 0.745. The normalized spacial score (nSPS) is 14.7. The van der Waals surface area contributed by atoms with E-state index in [1.165, 1.54) is 12.8 Å². The zero-order valence-electron chi connectivity index (χ0n) is 8.85. The molecule has 0 bridgehead atoms. The molecule has 0 amide bonds. The number of nitriles is 1. The molecule has 0 saturated heterocycles. The molecule has 0 aliphatic heterocycles. The summed E-state index contributed by atoms with van der Waals surface area (Å²) in [6.07, 6.45) is 4.77. The van der Waals surface area contributed by atoms with E-state index in [4.69, 9.17) is 5.26 Å². The summed E-state index contributed by atoms with van der Waals surface area (Å²) in [6.45, 7) is 2.66. The number of hydrogen-bond acceptors (Lipinski definition) is 4. The van der Waals surface area contributed by atoms with E-state index in [0.29, 0.717) is 12.5 Å². The van der Waals surface area contributed by atoms with Crippen LogP contribution in [0.4, 0.5) is 5.82 Å². The van der Waals surface area contributed by atoms with Crippen LogP contribution >= 0.6 is 0 Å². The standard InChI is InChI=1S/C11H14N4/c1-9-13-7-5-11(14-9)15(8-2-6-12)10-3-4-10/h5,7,10H,2-4,8H2,1H3. The van der Waals surface area contributed by atoms with Gasteiger partial charge in [0.15, 0.2) is 0 Å². The van der Waals surface area contributed by atoms with Gasteiger partial charge in [-0.2, -0.15) is 5.26 Å². The molecule has 0 radical (unpaired) electrons. The number of hydrogen-bond donors (Lipinski definition) is 0. The second-order valence-electron chi connectivity index (χ2n) is 3.79. The van der Waals surface area contributed by atoms with Gasteiger partial charge in [-0.1, -0.05) is 0 Å². The van der Waals surface area contributed by atoms with Crippen LogP contribution in [0.15, 0.2) is 12.3 Å². The number of aromatic nitrogens is 2. The second-order valence-corrected chi connectivity index (χ2v) is 3.79. The minimum Gasteiger partial charge on any atom is -0.352 e. The summed E-state index contributed by atoms with van der Waals surface area (Å²) in [5.41, 5.74) is 0. The minimum atomic E-state index is 0.555. The van der Waals surface area contributed by atoms with Crippen molar-refractivity contribution in [1.82, 2.24) is 9.97 Å². The third-order valence-corrected chi connectivity index (χ3v) is 2.51. The van der Waals surface area contributed by atoms with E-state index >= 15 is 0 Å². The molecule has 4 heteroatoms. The van der Waals surface area contributed by atoms with Gasteiger partial charge in [-0.25, -0.2) is 9.97 Å². The molecule has 1 aromatic rings. The van der Waals surface area contributed by atoms with Crippen LogP contribution in [0.1, 0.15) is 25.1 Å². The molecule has 1 saturated carbocycles. The van der Waals surface area contributed by atoms with Crippen LogP contribution in [0.2, 0.25) is 0 Å². The molecule has 1 aliphatic carbocycles. The summed E-state index contributed by atoms with van der Waals surface area (Å²) in [5, 5.41) is 8.61. The highest BCUT2D eigenvalue weighted by molar-refractivity contribution is 5.40. The highest BCUT2D eigenvalue weighted by Crippen LogP contribution is 2.30. The van der Waals surface area contributed by atoms with Crippen molar-refractivity contribution >= 4 is 5.82 Å². The Morgan fingerprint density at radius 2 is 2.40 bits per heavy atom. The molecule has 1 heterocycles. The largest absolute Gasteiger partial charge is 0.352 e. The van der Waals surface area contributed by atoms with Crippen LogP contribution in [0, 0.1) is 18.3 Å². The fraction of sp³-hybridized carbons (Fsp3) is 0.545. The third kappa shape index (κ3) is 2.44. The number of aryl methyl sites for hydroxylation is 1. The van der Waals surface area contributed by atoms with Gasteiger partial charge in [0.2, 0.25) is 0 Å². The van der Waals surface area contributed by atoms with Gasteiger partial charge < -0.3 is 4.90 Å². The van der Waals surface area contributed by atoms with Gasteiger partial charge in [-0.3, -0.25) is 0 Å². The molecule has 0 atom stereocenters. The van der Waals surface area contributed by atoms with Gasteiger partial charge in [-0.15, -0.1) is 0 Å². The molecule has 1 fully saturated rings. The van der Waals surface area contributed by atoms with Crippen molar-refractivity contribution in [2.45, 2.75) is 32.2 Å². The predicted molar refractivity (Wildman–Crippen MR) is 57.4 cm³/mol. The van der Waals surface area contributed by atoms with E-state index in [2.05, 4.69) is 20.9 Å². The summed E-state index contributed by atoms with van der Waals surface area (Å²) in [5.74, 6) is 1.75. The van der Waals surface area contributed by atoms with Crippen molar-refractivity contribution in [3.05, 3.63) is 18.1 Å². The molecule has 0 spiro atoms. The number of rotatable bonds is 4. The van der Waals surface area contributed by atoms with E-state index in [1.54, 1.807) is 6.20 Å². The monoisotopic (exact) mass is 202 g/mol. The van der Waals surface area contributed by atoms with E-state index < -0.39 is 0 Å². The molecule has 0 aromatic carbocycles. The molecule has 1 aliphatic rings. The lowest BCUT2D eigenvalue weighted by atomic mass is 10.3. The summed E-state index contributed by atoms with van der Waals surface area (Å²) >= 11 is 0. The zero-order valence-corrected chi connectivity index (χ0v) is 8.85. The highest BCUT2D eigenvalue weighted by Gasteiger charge is 2.29. The van der Waals surface area contributed by atoms with Crippen LogP contribution < -0.4 is 4.90 Å². The first kappa shape index (κ1) is 9.91. The summed E-state index contributed by atoms with van der Waals surface area (Å²) in [4.78, 5) is 10.7. The molecular formula is C11H14N4. The first-order valence-corrected chi connectivity index (χ1v) is 5.24. The number of nitrogens with zero attached hydrogens (tertiary/aromatic N) is 4. The maximum Gasteiger partial charge on any atom is 0.132 e. The second kappa shape index (κ2) is 4.26. The Hall–Kier alpha value is -1.63. The molecule has 1 aromatic heterocycles. The van der Waals surface area contributed by atoms with E-state index in [1.807, 2.05) is 13.0 Å². The number of anilines is 1. The SMILES string of the molecule is Cc1nccc(N(CCC#N)C2CC2)n1. The maximum atomic E-state index is 8.61. The molecule has 2 rings (SSSR count). The Bertz CT molecular complexity index is 378. The Balaban J connectivity index is 2.13. The Kier molecular flexibility index (Phi) is 2.82. The lowest BCUT2D eigenvalue weighted by Crippen LogP contribution is -2.27. The lowest BCUT2D eigenvalue weighted by Gasteiger charge is -2.22. The van der Waals surface area contributed by atoms with E-state index in [0.717, 1.165) is 18.2 Å². The Morgan fingerprint density at radius 3 is 3.00 bits per heavy atom. The van der Waals surface area contributed by atoms with Crippen LogP contribution in [0.3, 0.4) is 0 Å². The summed E-state index contributed by atoms with van der Waals surface area (Å²) in [6, 6.07) is 4.69. The zero-order chi connectivity index (χ0) is 10.7. The third-order valence-electron chi connectivity index (χ3n) is 2.51. The molecule has 15 heavy (non-hydrogen) atoms. The molecule has 4 nitrogen and oxygen atoms in total. The molecule has 0 N–H and O–H groups in total. The van der Waals surface area contributed by atoms with Crippen molar-refractivity contribution in [2.24, 2.45) is 0 Å². The predicted octanol–water partition coefficient (Wildman–Crippen LogP) is 1.67. The van der Waals surface area contributed by atoms with Gasteiger partial charge in [-0.05, 0) is 25.8 Å². The molecule has 78 valence electrons. The fourth-order valence-electron chi connectivity index (χ4n) is 1.64. The lowest BCUT2D eigenvalue weighted by molar-refractivity contribution is 0.771. The average molecular weight is 202 g/mol. The smallest absolute Gasteiger partial charge is 0.132 e. The topological polar surface area (TPSA) is 52.8 Å². The van der Waals surface area contributed by atoms with Gasteiger partial charge in [0.1, 0.15) is 11.6 Å². The van der Waals surface area contributed by atoms with E-state index in [-0.39, 0.29) is 0 Å². The van der Waals surface area contributed by atoms with Crippen LogP contribution in [0.5, 0.6) is 0 Å². The first-order valence-electron chi connectivity index (χ1n) is 5.24. The summed E-state index contributed by atoms with van der Waals surface area (Å²) in [7, 11) is 0. The first-order chi connectivity index (χ1) is 7.31. The van der Waals surface area contributed by atoms with Gasteiger partial charge in [0, 0.05) is 18.8 Å². The van der Waals surface area contributed by atoms with Crippen molar-refractivity contribution in [3.63, 3.8) is 0 Å². The van der Waals surface area contributed by atoms with Crippen molar-refractivity contribution in [2.75, 3.05) is 11.4 Å². The van der Waals surface area contributed by atoms with Crippen molar-refractivity contribution in [1.29, 1.82) is 5.26 Å². The van der Waals surface area contributed by atoms with Crippen LogP contribution in [-0.4, -0.2) is 22.6 Å². The van der Waals surface area contributed by atoms with Gasteiger partial charge >= 0.3 is 0 Å². The summed E-state index contributed by atoms with van der Waals surface area (Å²) < 4.78 is 0. The average Bonchev–Trinajstić information content (AvgIpc) is 3.03. The van der Waals surface area contributed by atoms with E-state index in [9.17, 15) is 0 Å². The Labute approximate surface area is 89.6 Å².